The Hall–Kier alpha value is -3.08. The number of nitrogens with one attached hydrogen (secondary N) is 1. The first-order valence-corrected chi connectivity index (χ1v) is 7.71. The van der Waals surface area contributed by atoms with Crippen LogP contribution >= 0.6 is 0 Å². The van der Waals surface area contributed by atoms with Gasteiger partial charge in [0.05, 0.1) is 12.6 Å². The summed E-state index contributed by atoms with van der Waals surface area (Å²) in [4.78, 5) is 25.4. The summed E-state index contributed by atoms with van der Waals surface area (Å²) in [5.41, 5.74) is 1.12. The van der Waals surface area contributed by atoms with E-state index in [-0.39, 0.29) is 6.03 Å². The minimum Gasteiger partial charge on any atom is -0.467 e. The Morgan fingerprint density at radius 1 is 1.12 bits per heavy atom. The minimum atomic E-state index is -1.21. The largest absolute Gasteiger partial charge is 0.467 e. The van der Waals surface area contributed by atoms with E-state index in [0.29, 0.717) is 12.0 Å². The smallest absolute Gasteiger partial charge is 0.336 e. The molecule has 24 heavy (non-hydrogen) atoms. The molecule has 2 aromatic carbocycles. The van der Waals surface area contributed by atoms with Gasteiger partial charge in [-0.3, -0.25) is 4.57 Å². The fourth-order valence-corrected chi connectivity index (χ4v) is 3.45. The summed E-state index contributed by atoms with van der Waals surface area (Å²) in [7, 11) is 1.34. The Labute approximate surface area is 138 Å². The predicted molar refractivity (Wildman–Crippen MR) is 89.7 cm³/mol. The number of hydrogen-bond acceptors (Lipinski definition) is 3. The molecule has 0 radical (unpaired) electrons. The van der Waals surface area contributed by atoms with Crippen molar-refractivity contribution in [1.29, 1.82) is 0 Å². The lowest BCUT2D eigenvalue weighted by Crippen LogP contribution is -2.58. The number of benzene rings is 2. The van der Waals surface area contributed by atoms with Gasteiger partial charge < -0.3 is 10.1 Å². The molecule has 5 heteroatoms. The van der Waals surface area contributed by atoms with Crippen molar-refractivity contribution in [1.82, 2.24) is 9.88 Å². The number of fused-ring (bicyclic) bond motifs is 3. The van der Waals surface area contributed by atoms with E-state index in [1.165, 1.54) is 7.11 Å². The second-order valence-corrected chi connectivity index (χ2v) is 5.90. The van der Waals surface area contributed by atoms with Crippen molar-refractivity contribution in [3.05, 3.63) is 71.9 Å². The fourth-order valence-electron chi connectivity index (χ4n) is 3.45. The number of carbonyl (C=O) groups is 2. The molecule has 120 valence electrons. The molecular weight excluding hydrogens is 304 g/mol. The summed E-state index contributed by atoms with van der Waals surface area (Å²) < 4.78 is 6.65. The summed E-state index contributed by atoms with van der Waals surface area (Å²) in [6.07, 6.45) is 0.337. The van der Waals surface area contributed by atoms with E-state index in [9.17, 15) is 9.59 Å². The number of nitrogens with zero attached hydrogens (tertiary/aromatic N) is 1. The maximum atomic E-state index is 12.8. The Balaban J connectivity index is 1.93. The van der Waals surface area contributed by atoms with E-state index in [4.69, 9.17) is 4.74 Å². The third kappa shape index (κ3) is 1.94. The monoisotopic (exact) mass is 320 g/mol. The molecule has 1 unspecified atom stereocenters. The van der Waals surface area contributed by atoms with Gasteiger partial charge in [-0.15, -0.1) is 0 Å². The van der Waals surface area contributed by atoms with Crippen LogP contribution in [0, 0.1) is 0 Å². The van der Waals surface area contributed by atoms with E-state index < -0.39 is 11.5 Å². The molecule has 1 aromatic heterocycles. The Kier molecular flexibility index (Phi) is 3.16. The van der Waals surface area contributed by atoms with Crippen molar-refractivity contribution >= 4 is 22.9 Å². The first kappa shape index (κ1) is 14.5. The summed E-state index contributed by atoms with van der Waals surface area (Å²) in [6, 6.07) is 18.5. The van der Waals surface area contributed by atoms with Crippen molar-refractivity contribution in [2.24, 2.45) is 0 Å². The van der Waals surface area contributed by atoms with Crippen LogP contribution in [0.2, 0.25) is 0 Å². The molecule has 0 saturated carbocycles. The lowest BCUT2D eigenvalue weighted by atomic mass is 9.84. The third-order valence-corrected chi connectivity index (χ3v) is 4.56. The molecule has 1 aliphatic rings. The van der Waals surface area contributed by atoms with Crippen molar-refractivity contribution < 1.29 is 14.3 Å². The number of para-hydroxylation sites is 1. The molecule has 4 rings (SSSR count). The lowest BCUT2D eigenvalue weighted by Gasteiger charge is -2.36. The zero-order valence-corrected chi connectivity index (χ0v) is 13.2. The van der Waals surface area contributed by atoms with Crippen LogP contribution in [-0.4, -0.2) is 23.7 Å². The average Bonchev–Trinajstić information content (AvgIpc) is 3.00. The molecule has 0 fully saturated rings. The van der Waals surface area contributed by atoms with Gasteiger partial charge in [0.1, 0.15) is 0 Å². The van der Waals surface area contributed by atoms with Gasteiger partial charge in [-0.25, -0.2) is 9.59 Å². The molecule has 1 atom stereocenters. The van der Waals surface area contributed by atoms with Crippen LogP contribution in [0.3, 0.4) is 0 Å². The molecule has 0 bridgehead atoms. The number of amides is 1. The van der Waals surface area contributed by atoms with Gasteiger partial charge in [0.25, 0.3) is 0 Å². The van der Waals surface area contributed by atoms with Gasteiger partial charge >= 0.3 is 12.0 Å². The number of ether oxygens (including phenoxy) is 1. The summed E-state index contributed by atoms with van der Waals surface area (Å²) in [6.45, 7) is 0. The van der Waals surface area contributed by atoms with E-state index in [2.05, 4.69) is 5.32 Å². The first-order chi connectivity index (χ1) is 11.7. The van der Waals surface area contributed by atoms with Crippen LogP contribution in [0.5, 0.6) is 0 Å². The van der Waals surface area contributed by atoms with Crippen LogP contribution in [-0.2, 0) is 21.5 Å². The van der Waals surface area contributed by atoms with E-state index >= 15 is 0 Å². The number of esters is 1. The van der Waals surface area contributed by atoms with Crippen LogP contribution < -0.4 is 5.32 Å². The highest BCUT2D eigenvalue weighted by atomic mass is 16.5. The predicted octanol–water partition coefficient (Wildman–Crippen LogP) is 2.82. The van der Waals surface area contributed by atoms with Crippen molar-refractivity contribution in [2.75, 3.05) is 7.11 Å². The third-order valence-electron chi connectivity index (χ3n) is 4.56. The Bertz CT molecular complexity index is 946. The molecule has 3 aromatic rings. The molecule has 5 nitrogen and oxygen atoms in total. The first-order valence-electron chi connectivity index (χ1n) is 7.71. The number of carbonyl (C=O) groups excluding carboxylic acids is 2. The molecule has 0 aliphatic carbocycles. The number of aromatic nitrogens is 1. The summed E-state index contributed by atoms with van der Waals surface area (Å²) in [5, 5.41) is 3.85. The van der Waals surface area contributed by atoms with Gasteiger partial charge in [-0.05, 0) is 17.7 Å². The lowest BCUT2D eigenvalue weighted by molar-refractivity contribution is -0.149. The second kappa shape index (κ2) is 5.23. The Morgan fingerprint density at radius 3 is 2.58 bits per heavy atom. The number of hydrogen-bond donors (Lipinski definition) is 1. The van der Waals surface area contributed by atoms with Crippen molar-refractivity contribution in [3.63, 3.8) is 0 Å². The second-order valence-electron chi connectivity index (χ2n) is 5.90. The van der Waals surface area contributed by atoms with E-state index in [1.54, 1.807) is 4.57 Å². The highest BCUT2D eigenvalue weighted by molar-refractivity contribution is 5.98. The van der Waals surface area contributed by atoms with Gasteiger partial charge in [0.2, 0.25) is 0 Å². The van der Waals surface area contributed by atoms with E-state index in [0.717, 1.165) is 16.6 Å². The molecule has 1 N–H and O–H groups in total. The molecule has 0 saturated heterocycles. The standard InChI is InChI=1S/C19H16N2O3/c1-24-17(22)19(14-8-3-2-4-9-14)12-15-11-13-7-5-6-10-16(13)21(15)18(23)20-19/h2-11H,12H2,1H3,(H,20,23). The summed E-state index contributed by atoms with van der Waals surface area (Å²) in [5.74, 6) is -0.474. The van der Waals surface area contributed by atoms with Crippen LogP contribution in [0.4, 0.5) is 4.79 Å². The zero-order valence-electron chi connectivity index (χ0n) is 13.2. The topological polar surface area (TPSA) is 60.3 Å². The molecule has 1 amide bonds. The summed E-state index contributed by atoms with van der Waals surface area (Å²) >= 11 is 0. The van der Waals surface area contributed by atoms with Gasteiger partial charge in [0, 0.05) is 17.5 Å². The number of rotatable bonds is 2. The minimum absolute atomic E-state index is 0.327. The normalized spacial score (nSPS) is 19.6. The Morgan fingerprint density at radius 2 is 1.83 bits per heavy atom. The van der Waals surface area contributed by atoms with Crippen LogP contribution in [0.25, 0.3) is 10.9 Å². The molecule has 1 aliphatic heterocycles. The van der Waals surface area contributed by atoms with Crippen molar-refractivity contribution in [3.8, 4) is 0 Å². The zero-order chi connectivity index (χ0) is 16.7. The van der Waals surface area contributed by atoms with Gasteiger partial charge in [0.15, 0.2) is 5.54 Å². The average molecular weight is 320 g/mol. The van der Waals surface area contributed by atoms with E-state index in [1.807, 2.05) is 60.7 Å². The maximum absolute atomic E-state index is 12.8. The SMILES string of the molecule is COC(=O)C1(c2ccccc2)Cc2cc3ccccc3n2C(=O)N1. The maximum Gasteiger partial charge on any atom is 0.336 e. The molecular formula is C19H16N2O3. The highest BCUT2D eigenvalue weighted by Gasteiger charge is 2.47. The van der Waals surface area contributed by atoms with Gasteiger partial charge in [-0.2, -0.15) is 0 Å². The number of methoxy groups -OCH3 is 1. The fraction of sp³-hybridized carbons (Fsp3) is 0.158. The molecule has 2 heterocycles. The van der Waals surface area contributed by atoms with Crippen molar-refractivity contribution in [2.45, 2.75) is 12.0 Å². The van der Waals surface area contributed by atoms with Crippen LogP contribution in [0.1, 0.15) is 11.3 Å². The highest BCUT2D eigenvalue weighted by Crippen LogP contribution is 2.34. The van der Waals surface area contributed by atoms with Crippen LogP contribution in [0.15, 0.2) is 60.7 Å². The van der Waals surface area contributed by atoms with Gasteiger partial charge in [-0.1, -0.05) is 48.5 Å². The molecule has 0 spiro atoms. The quantitative estimate of drug-likeness (QED) is 0.739.